The predicted octanol–water partition coefficient (Wildman–Crippen LogP) is 4.01. The highest BCUT2D eigenvalue weighted by molar-refractivity contribution is 6.30. The number of halogens is 1. The molecular weight excluding hydrogens is 308 g/mol. The summed E-state index contributed by atoms with van der Waals surface area (Å²) in [5.41, 5.74) is 0.966. The van der Waals surface area contributed by atoms with Crippen LogP contribution in [0.5, 0.6) is 0 Å². The topological polar surface area (TPSA) is 41.1 Å². The Bertz CT molecular complexity index is 534. The van der Waals surface area contributed by atoms with Crippen LogP contribution in [0.3, 0.4) is 0 Å². The number of carbonyl (C=O) groups excluding carboxylic acids is 1. The lowest BCUT2D eigenvalue weighted by Crippen LogP contribution is -2.44. The standard InChI is InChI=1S/C19H27ClN2O/c20-17-5-3-4-16(14-17)19(10-1-2-11-19)22-18(23)7-6-15-8-12-21-13-9-15/h3-5,14-15,21H,1-2,6-13H2,(H,22,23). The summed E-state index contributed by atoms with van der Waals surface area (Å²) < 4.78 is 0. The molecule has 1 aromatic rings. The van der Waals surface area contributed by atoms with Gasteiger partial charge in [-0.2, -0.15) is 0 Å². The van der Waals surface area contributed by atoms with Gasteiger partial charge < -0.3 is 10.6 Å². The number of hydrogen-bond acceptors (Lipinski definition) is 2. The fraction of sp³-hybridized carbons (Fsp3) is 0.632. The van der Waals surface area contributed by atoms with Gasteiger partial charge in [-0.3, -0.25) is 4.79 Å². The number of hydrogen-bond donors (Lipinski definition) is 2. The number of amides is 1. The van der Waals surface area contributed by atoms with Crippen LogP contribution in [0.25, 0.3) is 0 Å². The van der Waals surface area contributed by atoms with Crippen molar-refractivity contribution in [1.29, 1.82) is 0 Å². The van der Waals surface area contributed by atoms with Gasteiger partial charge in [0.25, 0.3) is 0 Å². The average Bonchev–Trinajstić information content (AvgIpc) is 3.04. The number of nitrogens with one attached hydrogen (secondary N) is 2. The lowest BCUT2D eigenvalue weighted by molar-refractivity contribution is -0.123. The Labute approximate surface area is 144 Å². The van der Waals surface area contributed by atoms with E-state index in [1.807, 2.05) is 18.2 Å². The average molecular weight is 335 g/mol. The molecule has 1 aliphatic carbocycles. The second-order valence-electron chi connectivity index (χ2n) is 7.08. The lowest BCUT2D eigenvalue weighted by atomic mass is 9.87. The minimum absolute atomic E-state index is 0.198. The Kier molecular flexibility index (Phi) is 5.60. The zero-order valence-corrected chi connectivity index (χ0v) is 14.5. The molecule has 0 spiro atoms. The van der Waals surface area contributed by atoms with Crippen LogP contribution >= 0.6 is 11.6 Å². The van der Waals surface area contributed by atoms with Crippen LogP contribution in [-0.2, 0) is 10.3 Å². The maximum Gasteiger partial charge on any atom is 0.220 e. The summed E-state index contributed by atoms with van der Waals surface area (Å²) in [6.07, 6.45) is 8.44. The molecule has 0 radical (unpaired) electrons. The van der Waals surface area contributed by atoms with Gasteiger partial charge in [0, 0.05) is 11.4 Å². The Hall–Kier alpha value is -1.06. The van der Waals surface area contributed by atoms with E-state index < -0.39 is 0 Å². The normalized spacial score (nSPS) is 21.3. The summed E-state index contributed by atoms with van der Waals surface area (Å²) in [6, 6.07) is 8.00. The molecule has 3 rings (SSSR count). The summed E-state index contributed by atoms with van der Waals surface area (Å²) in [7, 11) is 0. The number of benzene rings is 1. The Morgan fingerprint density at radius 1 is 1.26 bits per heavy atom. The molecule has 2 aliphatic rings. The second-order valence-corrected chi connectivity index (χ2v) is 7.52. The van der Waals surface area contributed by atoms with E-state index in [0.717, 1.165) is 42.9 Å². The van der Waals surface area contributed by atoms with Crippen LogP contribution < -0.4 is 10.6 Å². The molecule has 0 aromatic heterocycles. The van der Waals surface area contributed by atoms with Gasteiger partial charge in [0.05, 0.1) is 5.54 Å². The molecule has 126 valence electrons. The third kappa shape index (κ3) is 4.27. The predicted molar refractivity (Wildman–Crippen MR) is 94.6 cm³/mol. The molecular formula is C19H27ClN2O. The summed E-state index contributed by atoms with van der Waals surface area (Å²) in [4.78, 5) is 12.5. The van der Waals surface area contributed by atoms with Crippen molar-refractivity contribution >= 4 is 17.5 Å². The number of piperidine rings is 1. The van der Waals surface area contributed by atoms with Gasteiger partial charge in [0.2, 0.25) is 5.91 Å². The fourth-order valence-electron chi connectivity index (χ4n) is 4.09. The highest BCUT2D eigenvalue weighted by Crippen LogP contribution is 2.39. The van der Waals surface area contributed by atoms with Crippen molar-refractivity contribution in [3.05, 3.63) is 34.9 Å². The van der Waals surface area contributed by atoms with Crippen molar-refractivity contribution < 1.29 is 4.79 Å². The van der Waals surface area contributed by atoms with E-state index in [-0.39, 0.29) is 11.4 Å². The Morgan fingerprint density at radius 2 is 2.00 bits per heavy atom. The van der Waals surface area contributed by atoms with E-state index in [9.17, 15) is 4.79 Å². The van der Waals surface area contributed by atoms with E-state index >= 15 is 0 Å². The van der Waals surface area contributed by atoms with Gasteiger partial charge in [-0.1, -0.05) is 36.6 Å². The first-order valence-corrected chi connectivity index (χ1v) is 9.33. The third-order valence-electron chi connectivity index (χ3n) is 5.45. The van der Waals surface area contributed by atoms with Gasteiger partial charge in [-0.25, -0.2) is 0 Å². The van der Waals surface area contributed by atoms with Crippen LogP contribution in [0.1, 0.15) is 56.9 Å². The maximum absolute atomic E-state index is 12.5. The van der Waals surface area contributed by atoms with Crippen molar-refractivity contribution in [1.82, 2.24) is 10.6 Å². The van der Waals surface area contributed by atoms with Crippen LogP contribution in [0.2, 0.25) is 5.02 Å². The molecule has 2 fully saturated rings. The molecule has 3 nitrogen and oxygen atoms in total. The summed E-state index contributed by atoms with van der Waals surface area (Å²) in [5, 5.41) is 7.49. The summed E-state index contributed by atoms with van der Waals surface area (Å²) >= 11 is 6.17. The monoisotopic (exact) mass is 334 g/mol. The molecule has 1 amide bonds. The summed E-state index contributed by atoms with van der Waals surface area (Å²) in [5.74, 6) is 0.901. The Balaban J connectivity index is 1.61. The molecule has 0 bridgehead atoms. The van der Waals surface area contributed by atoms with Gasteiger partial charge in [-0.05, 0) is 68.8 Å². The number of carbonyl (C=O) groups is 1. The first-order valence-electron chi connectivity index (χ1n) is 8.96. The van der Waals surface area contributed by atoms with Gasteiger partial charge in [0.1, 0.15) is 0 Å². The molecule has 2 N–H and O–H groups in total. The van der Waals surface area contributed by atoms with E-state index in [0.29, 0.717) is 12.3 Å². The van der Waals surface area contributed by atoms with E-state index in [1.54, 1.807) is 0 Å². The zero-order valence-electron chi connectivity index (χ0n) is 13.7. The lowest BCUT2D eigenvalue weighted by Gasteiger charge is -2.32. The Morgan fingerprint density at radius 3 is 2.70 bits per heavy atom. The van der Waals surface area contributed by atoms with Gasteiger partial charge in [-0.15, -0.1) is 0 Å². The summed E-state index contributed by atoms with van der Waals surface area (Å²) in [6.45, 7) is 2.19. The first kappa shape index (κ1) is 16.8. The zero-order chi connectivity index (χ0) is 16.1. The third-order valence-corrected chi connectivity index (χ3v) is 5.69. The molecule has 0 atom stereocenters. The van der Waals surface area contributed by atoms with Crippen molar-refractivity contribution in [3.8, 4) is 0 Å². The van der Waals surface area contributed by atoms with Crippen LogP contribution in [0.4, 0.5) is 0 Å². The molecule has 23 heavy (non-hydrogen) atoms. The van der Waals surface area contributed by atoms with Gasteiger partial charge >= 0.3 is 0 Å². The van der Waals surface area contributed by atoms with Crippen molar-refractivity contribution in [2.45, 2.75) is 56.9 Å². The smallest absolute Gasteiger partial charge is 0.220 e. The SMILES string of the molecule is O=C(CCC1CCNCC1)NC1(c2cccc(Cl)c2)CCCC1. The second kappa shape index (κ2) is 7.67. The molecule has 1 saturated heterocycles. The highest BCUT2D eigenvalue weighted by atomic mass is 35.5. The minimum atomic E-state index is -0.198. The van der Waals surface area contributed by atoms with E-state index in [2.05, 4.69) is 16.7 Å². The molecule has 0 unspecified atom stereocenters. The van der Waals surface area contributed by atoms with Crippen LogP contribution in [0, 0.1) is 5.92 Å². The maximum atomic E-state index is 12.5. The molecule has 4 heteroatoms. The molecule has 1 heterocycles. The fourth-order valence-corrected chi connectivity index (χ4v) is 4.28. The van der Waals surface area contributed by atoms with Crippen molar-refractivity contribution in [2.24, 2.45) is 5.92 Å². The molecule has 1 saturated carbocycles. The van der Waals surface area contributed by atoms with Crippen LogP contribution in [0.15, 0.2) is 24.3 Å². The molecule has 1 aliphatic heterocycles. The molecule has 1 aromatic carbocycles. The van der Waals surface area contributed by atoms with E-state index in [4.69, 9.17) is 11.6 Å². The van der Waals surface area contributed by atoms with Crippen molar-refractivity contribution in [2.75, 3.05) is 13.1 Å². The minimum Gasteiger partial charge on any atom is -0.347 e. The largest absolute Gasteiger partial charge is 0.347 e. The highest BCUT2D eigenvalue weighted by Gasteiger charge is 2.37. The quantitative estimate of drug-likeness (QED) is 0.854. The van der Waals surface area contributed by atoms with Gasteiger partial charge in [0.15, 0.2) is 0 Å². The van der Waals surface area contributed by atoms with E-state index in [1.165, 1.54) is 25.7 Å². The number of rotatable bonds is 5. The van der Waals surface area contributed by atoms with Crippen LogP contribution in [-0.4, -0.2) is 19.0 Å². The first-order chi connectivity index (χ1) is 11.2. The van der Waals surface area contributed by atoms with Crippen molar-refractivity contribution in [3.63, 3.8) is 0 Å².